The molecule has 0 aliphatic carbocycles. The molecule has 2 aromatic rings. The molecule has 0 fully saturated rings. The van der Waals surface area contributed by atoms with Crippen molar-refractivity contribution in [2.45, 2.75) is 18.6 Å². The summed E-state index contributed by atoms with van der Waals surface area (Å²) < 4.78 is 9.72. The molecule has 7 nitrogen and oxygen atoms in total. The van der Waals surface area contributed by atoms with Gasteiger partial charge in [0.1, 0.15) is 10.8 Å². The minimum Gasteiger partial charge on any atom is -0.497 e. The quantitative estimate of drug-likeness (QED) is 0.703. The molecule has 9 heteroatoms. The number of esters is 1. The van der Waals surface area contributed by atoms with Gasteiger partial charge in [-0.05, 0) is 30.7 Å². The predicted molar refractivity (Wildman–Crippen MR) is 99.1 cm³/mol. The number of carbonyl (C=O) groups excluding carboxylic acids is 2. The number of carbonyl (C=O) groups is 2. The Morgan fingerprint density at radius 3 is 2.56 bits per heavy atom. The summed E-state index contributed by atoms with van der Waals surface area (Å²) in [5.41, 5.74) is 0.894. The van der Waals surface area contributed by atoms with E-state index in [-0.39, 0.29) is 22.9 Å². The number of anilines is 1. The van der Waals surface area contributed by atoms with E-state index in [0.29, 0.717) is 16.6 Å². The van der Waals surface area contributed by atoms with Crippen LogP contribution in [0.25, 0.3) is 10.6 Å². The zero-order valence-corrected chi connectivity index (χ0v) is 15.8. The second-order valence-electron chi connectivity index (χ2n) is 4.91. The Bertz CT molecular complexity index is 718. The molecule has 1 N–H and O–H groups in total. The maximum Gasteiger partial charge on any atom is 0.315 e. The summed E-state index contributed by atoms with van der Waals surface area (Å²) in [5, 5.41) is 11.6. The van der Waals surface area contributed by atoms with Crippen molar-refractivity contribution in [2.75, 3.05) is 25.3 Å². The molecule has 1 heterocycles. The largest absolute Gasteiger partial charge is 0.497 e. The molecule has 1 atom stereocenters. The number of rotatable bonds is 8. The van der Waals surface area contributed by atoms with Crippen molar-refractivity contribution in [3.05, 3.63) is 24.3 Å². The number of benzene rings is 1. The summed E-state index contributed by atoms with van der Waals surface area (Å²) in [6.07, 6.45) is 0.595. The van der Waals surface area contributed by atoms with Gasteiger partial charge in [0.05, 0.1) is 25.2 Å². The maximum absolute atomic E-state index is 12.3. The molecule has 0 aliphatic rings. The van der Waals surface area contributed by atoms with E-state index >= 15 is 0 Å². The van der Waals surface area contributed by atoms with Gasteiger partial charge in [0, 0.05) is 5.56 Å². The molecule has 0 spiro atoms. The number of hydrogen-bond donors (Lipinski definition) is 1. The van der Waals surface area contributed by atoms with Gasteiger partial charge in [-0.1, -0.05) is 18.3 Å². The second-order valence-corrected chi connectivity index (χ2v) is 7.08. The van der Waals surface area contributed by atoms with E-state index in [1.807, 2.05) is 31.2 Å². The third-order valence-electron chi connectivity index (χ3n) is 3.29. The average molecular weight is 381 g/mol. The first-order valence-electron chi connectivity index (χ1n) is 7.54. The van der Waals surface area contributed by atoms with E-state index in [1.165, 1.54) is 30.2 Å². The van der Waals surface area contributed by atoms with Crippen LogP contribution in [-0.2, 0) is 14.3 Å². The molecule has 1 aromatic heterocycles. The highest BCUT2D eigenvalue weighted by atomic mass is 32.2. The minimum atomic E-state index is -0.354. The first-order chi connectivity index (χ1) is 12.1. The monoisotopic (exact) mass is 381 g/mol. The summed E-state index contributed by atoms with van der Waals surface area (Å²) >= 11 is 2.53. The van der Waals surface area contributed by atoms with Gasteiger partial charge < -0.3 is 9.47 Å². The van der Waals surface area contributed by atoms with Crippen LogP contribution in [0.5, 0.6) is 5.75 Å². The van der Waals surface area contributed by atoms with Crippen LogP contribution in [-0.4, -0.2) is 47.3 Å². The first-order valence-corrected chi connectivity index (χ1v) is 9.41. The Morgan fingerprint density at radius 2 is 1.96 bits per heavy atom. The van der Waals surface area contributed by atoms with Crippen molar-refractivity contribution in [3.8, 4) is 16.3 Å². The molecule has 1 unspecified atom stereocenters. The van der Waals surface area contributed by atoms with Crippen LogP contribution in [0.3, 0.4) is 0 Å². The van der Waals surface area contributed by atoms with Crippen molar-refractivity contribution in [1.82, 2.24) is 10.2 Å². The molecule has 0 bridgehead atoms. The third-order valence-corrected chi connectivity index (χ3v) is 5.53. The fraction of sp³-hybridized carbons (Fsp3) is 0.375. The number of ether oxygens (including phenoxy) is 2. The summed E-state index contributed by atoms with van der Waals surface area (Å²) in [6, 6.07) is 7.44. The molecule has 2 rings (SSSR count). The SMILES string of the molecule is CCC(SCC(=O)OC)C(=O)Nc1nnc(-c2ccc(OC)cc2)s1. The van der Waals surface area contributed by atoms with E-state index in [1.54, 1.807) is 7.11 Å². The molecule has 0 saturated carbocycles. The van der Waals surface area contributed by atoms with E-state index in [9.17, 15) is 9.59 Å². The summed E-state index contributed by atoms with van der Waals surface area (Å²) in [6.45, 7) is 1.89. The standard InChI is InChI=1S/C16H19N3O4S2/c1-4-12(24-9-13(20)23-3)14(21)17-16-19-18-15(25-16)10-5-7-11(22-2)8-6-10/h5-8,12H,4,9H2,1-3H3,(H,17,19,21). The average Bonchev–Trinajstić information content (AvgIpc) is 3.10. The lowest BCUT2D eigenvalue weighted by atomic mass is 10.2. The fourth-order valence-corrected chi connectivity index (χ4v) is 3.57. The maximum atomic E-state index is 12.3. The lowest BCUT2D eigenvalue weighted by molar-refractivity contribution is -0.137. The van der Waals surface area contributed by atoms with Crippen molar-refractivity contribution in [1.29, 1.82) is 0 Å². The van der Waals surface area contributed by atoms with Crippen molar-refractivity contribution < 1.29 is 19.1 Å². The normalized spacial score (nSPS) is 11.6. The van der Waals surface area contributed by atoms with E-state index in [4.69, 9.17) is 4.74 Å². The number of thioether (sulfide) groups is 1. The molecule has 0 radical (unpaired) electrons. The summed E-state index contributed by atoms with van der Waals surface area (Å²) in [4.78, 5) is 23.5. The lowest BCUT2D eigenvalue weighted by Crippen LogP contribution is -2.25. The van der Waals surface area contributed by atoms with E-state index in [0.717, 1.165) is 11.3 Å². The summed E-state index contributed by atoms with van der Waals surface area (Å²) in [5.74, 6) is 0.341. The van der Waals surface area contributed by atoms with Gasteiger partial charge in [0.25, 0.3) is 0 Å². The Balaban J connectivity index is 1.98. The van der Waals surface area contributed by atoms with Crippen LogP contribution in [0.4, 0.5) is 5.13 Å². The molecule has 0 saturated heterocycles. The molecule has 25 heavy (non-hydrogen) atoms. The van der Waals surface area contributed by atoms with Crippen molar-refractivity contribution in [3.63, 3.8) is 0 Å². The topological polar surface area (TPSA) is 90.4 Å². The van der Waals surface area contributed by atoms with Gasteiger partial charge in [-0.25, -0.2) is 0 Å². The number of amides is 1. The van der Waals surface area contributed by atoms with Crippen LogP contribution in [0, 0.1) is 0 Å². The Labute approximate surface area is 154 Å². The van der Waals surface area contributed by atoms with E-state index < -0.39 is 0 Å². The van der Waals surface area contributed by atoms with E-state index in [2.05, 4.69) is 20.3 Å². The minimum absolute atomic E-state index is 0.135. The number of aromatic nitrogens is 2. The molecular formula is C16H19N3O4S2. The molecule has 1 amide bonds. The smallest absolute Gasteiger partial charge is 0.315 e. The fourth-order valence-electron chi connectivity index (χ4n) is 1.92. The zero-order valence-electron chi connectivity index (χ0n) is 14.1. The van der Waals surface area contributed by atoms with Gasteiger partial charge in [-0.15, -0.1) is 22.0 Å². The summed E-state index contributed by atoms with van der Waals surface area (Å²) in [7, 11) is 2.93. The van der Waals surface area contributed by atoms with Crippen LogP contribution < -0.4 is 10.1 Å². The number of nitrogens with one attached hydrogen (secondary N) is 1. The van der Waals surface area contributed by atoms with Crippen LogP contribution in [0.1, 0.15) is 13.3 Å². The van der Waals surface area contributed by atoms with Gasteiger partial charge in [-0.3, -0.25) is 14.9 Å². The Hall–Kier alpha value is -2.13. The van der Waals surface area contributed by atoms with Crippen LogP contribution in [0.2, 0.25) is 0 Å². The third kappa shape index (κ3) is 5.43. The van der Waals surface area contributed by atoms with Gasteiger partial charge >= 0.3 is 5.97 Å². The highest BCUT2D eigenvalue weighted by Gasteiger charge is 2.20. The number of hydrogen-bond acceptors (Lipinski definition) is 8. The van der Waals surface area contributed by atoms with Crippen molar-refractivity contribution in [2.24, 2.45) is 0 Å². The first kappa shape index (κ1) is 19.2. The predicted octanol–water partition coefficient (Wildman–Crippen LogP) is 2.84. The van der Waals surface area contributed by atoms with Crippen LogP contribution in [0.15, 0.2) is 24.3 Å². The highest BCUT2D eigenvalue weighted by molar-refractivity contribution is 8.01. The van der Waals surface area contributed by atoms with Gasteiger partial charge in [-0.2, -0.15) is 0 Å². The Morgan fingerprint density at radius 1 is 1.24 bits per heavy atom. The second kappa shape index (κ2) is 9.38. The number of nitrogens with zero attached hydrogens (tertiary/aromatic N) is 2. The van der Waals surface area contributed by atoms with Crippen LogP contribution >= 0.6 is 23.1 Å². The van der Waals surface area contributed by atoms with Gasteiger partial charge in [0.2, 0.25) is 11.0 Å². The lowest BCUT2D eigenvalue weighted by Gasteiger charge is -2.12. The van der Waals surface area contributed by atoms with Gasteiger partial charge in [0.15, 0.2) is 0 Å². The Kier molecular flexibility index (Phi) is 7.20. The number of methoxy groups -OCH3 is 2. The molecular weight excluding hydrogens is 362 g/mol. The zero-order chi connectivity index (χ0) is 18.2. The van der Waals surface area contributed by atoms with Crippen molar-refractivity contribution >= 4 is 40.1 Å². The molecule has 0 aliphatic heterocycles. The highest BCUT2D eigenvalue weighted by Crippen LogP contribution is 2.28. The molecule has 134 valence electrons. The molecule has 1 aromatic carbocycles.